The maximum atomic E-state index is 11.7. The van der Waals surface area contributed by atoms with Crippen molar-refractivity contribution in [2.75, 3.05) is 7.11 Å². The molecule has 0 aliphatic rings. The lowest BCUT2D eigenvalue weighted by Crippen LogP contribution is -2.43. The lowest BCUT2D eigenvalue weighted by molar-refractivity contribution is -0.177. The molecular weight excluding hydrogens is 220 g/mol. The molecule has 0 aromatic heterocycles. The highest BCUT2D eigenvalue weighted by Gasteiger charge is 2.38. The Kier molecular flexibility index (Phi) is 4.26. The molecule has 0 aliphatic heterocycles. The first kappa shape index (κ1) is 13.2. The molecule has 1 aromatic carbocycles. The van der Waals surface area contributed by atoms with E-state index in [0.29, 0.717) is 6.42 Å². The van der Waals surface area contributed by atoms with Gasteiger partial charge in [0, 0.05) is 13.3 Å². The van der Waals surface area contributed by atoms with Crippen LogP contribution in [0.1, 0.15) is 19.4 Å². The number of ether oxygens (including phenoxy) is 2. The molecule has 0 heterocycles. The monoisotopic (exact) mass is 236 g/mol. The van der Waals surface area contributed by atoms with Gasteiger partial charge in [0.05, 0.1) is 7.11 Å². The number of carbonyl (C=O) groups excluding carboxylic acids is 2. The summed E-state index contributed by atoms with van der Waals surface area (Å²) in [4.78, 5) is 22.7. The third-order valence-corrected chi connectivity index (χ3v) is 2.37. The van der Waals surface area contributed by atoms with Crippen molar-refractivity contribution in [1.29, 1.82) is 0 Å². The molecule has 0 unspecified atom stereocenters. The topological polar surface area (TPSA) is 52.6 Å². The van der Waals surface area contributed by atoms with E-state index in [1.165, 1.54) is 14.0 Å². The normalized spacial score (nSPS) is 13.6. The molecule has 92 valence electrons. The smallest absolute Gasteiger partial charge is 0.350 e. The summed E-state index contributed by atoms with van der Waals surface area (Å²) >= 11 is 0. The Hall–Kier alpha value is -1.84. The molecule has 1 aromatic rings. The highest BCUT2D eigenvalue weighted by Crippen LogP contribution is 2.19. The van der Waals surface area contributed by atoms with Gasteiger partial charge in [0.1, 0.15) is 0 Å². The molecular formula is C13H16O4. The largest absolute Gasteiger partial charge is 0.466 e. The maximum absolute atomic E-state index is 11.7. The van der Waals surface area contributed by atoms with Gasteiger partial charge in [-0.2, -0.15) is 0 Å². The Labute approximate surface area is 101 Å². The van der Waals surface area contributed by atoms with Gasteiger partial charge < -0.3 is 9.47 Å². The van der Waals surface area contributed by atoms with Crippen molar-refractivity contribution in [3.8, 4) is 0 Å². The molecule has 0 fully saturated rings. The minimum Gasteiger partial charge on any atom is -0.466 e. The zero-order chi connectivity index (χ0) is 12.9. The van der Waals surface area contributed by atoms with Crippen molar-refractivity contribution in [2.45, 2.75) is 25.9 Å². The van der Waals surface area contributed by atoms with Gasteiger partial charge >= 0.3 is 11.9 Å². The Morgan fingerprint density at radius 3 is 2.29 bits per heavy atom. The van der Waals surface area contributed by atoms with Crippen LogP contribution in [0.4, 0.5) is 0 Å². The van der Waals surface area contributed by atoms with Crippen LogP contribution in [0.2, 0.25) is 0 Å². The van der Waals surface area contributed by atoms with Crippen LogP contribution < -0.4 is 0 Å². The molecule has 1 rings (SSSR count). The van der Waals surface area contributed by atoms with Crippen molar-refractivity contribution < 1.29 is 19.1 Å². The SMILES string of the molecule is COC(=O)[C@@](C)(Cc1ccccc1)OC(C)=O. The molecule has 0 aliphatic carbocycles. The standard InChI is InChI=1S/C13H16O4/c1-10(14)17-13(2,12(15)16-3)9-11-7-5-4-6-8-11/h4-8H,9H2,1-3H3/t13-/m1/s1. The molecule has 17 heavy (non-hydrogen) atoms. The third-order valence-electron chi connectivity index (χ3n) is 2.37. The summed E-state index contributed by atoms with van der Waals surface area (Å²) in [6.07, 6.45) is 0.292. The van der Waals surface area contributed by atoms with E-state index in [-0.39, 0.29) is 0 Å². The van der Waals surface area contributed by atoms with Gasteiger partial charge in [-0.15, -0.1) is 0 Å². The van der Waals surface area contributed by atoms with E-state index in [1.807, 2.05) is 30.3 Å². The van der Waals surface area contributed by atoms with E-state index in [1.54, 1.807) is 6.92 Å². The van der Waals surface area contributed by atoms with Crippen molar-refractivity contribution in [3.05, 3.63) is 35.9 Å². The number of carbonyl (C=O) groups is 2. The van der Waals surface area contributed by atoms with Crippen LogP contribution >= 0.6 is 0 Å². The average molecular weight is 236 g/mol. The van der Waals surface area contributed by atoms with Crippen molar-refractivity contribution in [2.24, 2.45) is 0 Å². The summed E-state index contributed by atoms with van der Waals surface area (Å²) in [5, 5.41) is 0. The molecule has 0 bridgehead atoms. The summed E-state index contributed by atoms with van der Waals surface area (Å²) in [5.74, 6) is -1.06. The summed E-state index contributed by atoms with van der Waals surface area (Å²) in [7, 11) is 1.27. The second-order valence-corrected chi connectivity index (χ2v) is 3.98. The Balaban J connectivity index is 2.91. The fourth-order valence-electron chi connectivity index (χ4n) is 1.67. The second-order valence-electron chi connectivity index (χ2n) is 3.98. The Morgan fingerprint density at radius 2 is 1.82 bits per heavy atom. The van der Waals surface area contributed by atoms with Crippen LogP contribution in [0.15, 0.2) is 30.3 Å². The molecule has 0 N–H and O–H groups in total. The average Bonchev–Trinajstić information content (AvgIpc) is 2.28. The van der Waals surface area contributed by atoms with Crippen LogP contribution in [0.5, 0.6) is 0 Å². The number of esters is 2. The van der Waals surface area contributed by atoms with Crippen LogP contribution in [0, 0.1) is 0 Å². The van der Waals surface area contributed by atoms with Crippen LogP contribution in [-0.2, 0) is 25.5 Å². The van der Waals surface area contributed by atoms with E-state index < -0.39 is 17.5 Å². The summed E-state index contributed by atoms with van der Waals surface area (Å²) in [6.45, 7) is 2.82. The summed E-state index contributed by atoms with van der Waals surface area (Å²) in [5.41, 5.74) is -0.372. The first-order chi connectivity index (χ1) is 7.98. The lowest BCUT2D eigenvalue weighted by atomic mass is 9.96. The van der Waals surface area contributed by atoms with Crippen molar-refractivity contribution >= 4 is 11.9 Å². The van der Waals surface area contributed by atoms with Gasteiger partial charge in [-0.25, -0.2) is 4.79 Å². The minimum atomic E-state index is -1.28. The second kappa shape index (κ2) is 5.48. The van der Waals surface area contributed by atoms with Crippen molar-refractivity contribution in [1.82, 2.24) is 0 Å². The summed E-state index contributed by atoms with van der Waals surface area (Å²) < 4.78 is 9.75. The van der Waals surface area contributed by atoms with E-state index in [0.717, 1.165) is 5.56 Å². The first-order valence-corrected chi connectivity index (χ1v) is 5.30. The molecule has 0 saturated carbocycles. The van der Waals surface area contributed by atoms with Gasteiger partial charge in [0.2, 0.25) is 5.60 Å². The lowest BCUT2D eigenvalue weighted by Gasteiger charge is -2.26. The van der Waals surface area contributed by atoms with Crippen LogP contribution in [0.25, 0.3) is 0 Å². The molecule has 4 nitrogen and oxygen atoms in total. The molecule has 0 spiro atoms. The maximum Gasteiger partial charge on any atom is 0.350 e. The van der Waals surface area contributed by atoms with Crippen molar-refractivity contribution in [3.63, 3.8) is 0 Å². The van der Waals surface area contributed by atoms with Gasteiger partial charge in [-0.3, -0.25) is 4.79 Å². The van der Waals surface area contributed by atoms with Crippen LogP contribution in [-0.4, -0.2) is 24.6 Å². The zero-order valence-corrected chi connectivity index (χ0v) is 10.2. The molecule has 4 heteroatoms. The molecule has 0 amide bonds. The first-order valence-electron chi connectivity index (χ1n) is 5.30. The third kappa shape index (κ3) is 3.59. The number of benzene rings is 1. The predicted octanol–water partition coefficient (Wildman–Crippen LogP) is 1.72. The van der Waals surface area contributed by atoms with E-state index in [2.05, 4.69) is 4.74 Å². The Morgan fingerprint density at radius 1 is 1.24 bits per heavy atom. The summed E-state index contributed by atoms with van der Waals surface area (Å²) in [6, 6.07) is 9.34. The van der Waals surface area contributed by atoms with E-state index in [9.17, 15) is 9.59 Å². The van der Waals surface area contributed by atoms with Gasteiger partial charge in [-0.1, -0.05) is 30.3 Å². The fraction of sp³-hybridized carbons (Fsp3) is 0.385. The fourth-order valence-corrected chi connectivity index (χ4v) is 1.67. The number of methoxy groups -OCH3 is 1. The van der Waals surface area contributed by atoms with E-state index >= 15 is 0 Å². The number of hydrogen-bond acceptors (Lipinski definition) is 4. The van der Waals surface area contributed by atoms with E-state index in [4.69, 9.17) is 4.74 Å². The molecule has 1 atom stereocenters. The van der Waals surface area contributed by atoms with Gasteiger partial charge in [0.15, 0.2) is 0 Å². The number of rotatable bonds is 4. The Bertz CT molecular complexity index is 399. The number of hydrogen-bond donors (Lipinski definition) is 0. The molecule has 0 radical (unpaired) electrons. The highest BCUT2D eigenvalue weighted by atomic mass is 16.6. The highest BCUT2D eigenvalue weighted by molar-refractivity contribution is 5.82. The zero-order valence-electron chi connectivity index (χ0n) is 10.2. The van der Waals surface area contributed by atoms with Gasteiger partial charge in [0.25, 0.3) is 0 Å². The van der Waals surface area contributed by atoms with Gasteiger partial charge in [-0.05, 0) is 12.5 Å². The predicted molar refractivity (Wildman–Crippen MR) is 62.3 cm³/mol. The minimum absolute atomic E-state index is 0.292. The quantitative estimate of drug-likeness (QED) is 0.747. The van der Waals surface area contributed by atoms with Crippen LogP contribution in [0.3, 0.4) is 0 Å². The molecule has 0 saturated heterocycles.